The number of carbonyl (C=O) groups is 1. The van der Waals surface area contributed by atoms with Crippen molar-refractivity contribution < 1.29 is 9.90 Å². The summed E-state index contributed by atoms with van der Waals surface area (Å²) in [5.74, 6) is -0.217. The number of aliphatic hydroxyl groups is 1. The third-order valence-electron chi connectivity index (χ3n) is 2.44. The molecule has 0 aliphatic carbocycles. The topological polar surface area (TPSA) is 49.3 Å². The van der Waals surface area contributed by atoms with Crippen LogP contribution in [-0.2, 0) is 11.4 Å². The van der Waals surface area contributed by atoms with Crippen LogP contribution in [0.2, 0.25) is 0 Å². The minimum Gasteiger partial charge on any atom is -0.392 e. The van der Waals surface area contributed by atoms with E-state index >= 15 is 0 Å². The van der Waals surface area contributed by atoms with Gasteiger partial charge in [-0.1, -0.05) is 18.2 Å². The Bertz CT molecular complexity index is 607. The van der Waals surface area contributed by atoms with Crippen LogP contribution in [0.25, 0.3) is 6.08 Å². The second-order valence-electron chi connectivity index (χ2n) is 3.78. The van der Waals surface area contributed by atoms with Crippen molar-refractivity contribution in [3.05, 3.63) is 56.7 Å². The van der Waals surface area contributed by atoms with Crippen molar-refractivity contribution >= 4 is 44.9 Å². The molecule has 1 aromatic heterocycles. The molecule has 2 N–H and O–H groups in total. The Morgan fingerprint density at radius 1 is 1.32 bits per heavy atom. The smallest absolute Gasteiger partial charge is 0.248 e. The van der Waals surface area contributed by atoms with Crippen LogP contribution in [0, 0.1) is 0 Å². The predicted octanol–water partition coefficient (Wildman–Crippen LogP) is 3.65. The van der Waals surface area contributed by atoms with Crippen molar-refractivity contribution in [3.63, 3.8) is 0 Å². The minimum atomic E-state index is -0.217. The first-order chi connectivity index (χ1) is 9.19. The number of rotatable bonds is 4. The van der Waals surface area contributed by atoms with Gasteiger partial charge in [0.05, 0.1) is 10.4 Å². The van der Waals surface area contributed by atoms with Crippen LogP contribution in [0.15, 0.2) is 46.3 Å². The lowest BCUT2D eigenvalue weighted by molar-refractivity contribution is -0.111. The molecule has 0 spiro atoms. The van der Waals surface area contributed by atoms with Gasteiger partial charge in [-0.15, -0.1) is 11.3 Å². The van der Waals surface area contributed by atoms with Crippen LogP contribution in [0.3, 0.4) is 0 Å². The summed E-state index contributed by atoms with van der Waals surface area (Å²) in [4.78, 5) is 12.8. The van der Waals surface area contributed by atoms with E-state index in [9.17, 15) is 4.79 Å². The van der Waals surface area contributed by atoms with Gasteiger partial charge in [0, 0.05) is 22.2 Å². The Hall–Kier alpha value is -1.43. The molecule has 2 aromatic rings. The molecule has 0 aliphatic rings. The largest absolute Gasteiger partial charge is 0.392 e. The zero-order valence-corrected chi connectivity index (χ0v) is 12.4. The third-order valence-corrected chi connectivity index (χ3v) is 4.03. The molecule has 98 valence electrons. The Labute approximate surface area is 123 Å². The molecule has 0 aliphatic heterocycles. The first-order valence-electron chi connectivity index (χ1n) is 5.62. The average Bonchev–Trinajstić information content (AvgIpc) is 2.83. The van der Waals surface area contributed by atoms with Crippen molar-refractivity contribution in [2.75, 3.05) is 5.32 Å². The van der Waals surface area contributed by atoms with Gasteiger partial charge in [0.1, 0.15) is 0 Å². The summed E-state index contributed by atoms with van der Waals surface area (Å²) in [5, 5.41) is 11.9. The first-order valence-corrected chi connectivity index (χ1v) is 7.23. The fourth-order valence-corrected chi connectivity index (χ4v) is 2.86. The van der Waals surface area contributed by atoms with Gasteiger partial charge < -0.3 is 10.4 Å². The van der Waals surface area contributed by atoms with E-state index in [2.05, 4.69) is 21.2 Å². The molecule has 5 heteroatoms. The van der Waals surface area contributed by atoms with Crippen LogP contribution in [0.4, 0.5) is 5.69 Å². The lowest BCUT2D eigenvalue weighted by Crippen LogP contribution is -2.09. The molecule has 0 radical (unpaired) electrons. The van der Waals surface area contributed by atoms with Crippen LogP contribution in [-0.4, -0.2) is 11.0 Å². The van der Waals surface area contributed by atoms with E-state index in [4.69, 9.17) is 5.11 Å². The van der Waals surface area contributed by atoms with Crippen molar-refractivity contribution in [1.82, 2.24) is 0 Å². The molecule has 0 bridgehead atoms. The number of carbonyl (C=O) groups excluding carboxylic acids is 1. The number of amides is 1. The molecule has 0 saturated heterocycles. The molecule has 19 heavy (non-hydrogen) atoms. The second-order valence-corrected chi connectivity index (χ2v) is 6.27. The average molecular weight is 338 g/mol. The molecule has 0 atom stereocenters. The first kappa shape index (κ1) is 14.0. The number of halogens is 1. The van der Waals surface area contributed by atoms with E-state index in [1.54, 1.807) is 29.5 Å². The zero-order chi connectivity index (χ0) is 13.7. The quantitative estimate of drug-likeness (QED) is 0.836. The van der Waals surface area contributed by atoms with Crippen molar-refractivity contribution in [2.45, 2.75) is 6.61 Å². The van der Waals surface area contributed by atoms with Gasteiger partial charge in [0.15, 0.2) is 0 Å². The molecular formula is C14H12BrNO2S. The second kappa shape index (κ2) is 6.65. The number of thiophene rings is 1. The number of hydrogen-bond acceptors (Lipinski definition) is 3. The lowest BCUT2D eigenvalue weighted by atomic mass is 10.2. The van der Waals surface area contributed by atoms with E-state index in [0.29, 0.717) is 11.3 Å². The van der Waals surface area contributed by atoms with Crippen molar-refractivity contribution in [2.24, 2.45) is 0 Å². The molecule has 0 saturated carbocycles. The number of aliphatic hydroxyl groups excluding tert-OH is 1. The van der Waals surface area contributed by atoms with E-state index in [0.717, 1.165) is 8.66 Å². The maximum absolute atomic E-state index is 11.8. The van der Waals surface area contributed by atoms with Gasteiger partial charge in [-0.25, -0.2) is 0 Å². The molecule has 0 fully saturated rings. The Kier molecular flexibility index (Phi) is 4.90. The monoisotopic (exact) mass is 337 g/mol. The number of para-hydroxylation sites is 1. The Morgan fingerprint density at radius 3 is 2.79 bits per heavy atom. The summed E-state index contributed by atoms with van der Waals surface area (Å²) in [6.07, 6.45) is 3.23. The summed E-state index contributed by atoms with van der Waals surface area (Å²) in [6, 6.07) is 11.0. The fraction of sp³-hybridized carbons (Fsp3) is 0.0714. The summed E-state index contributed by atoms with van der Waals surface area (Å²) in [5.41, 5.74) is 1.33. The molecule has 1 amide bonds. The summed E-state index contributed by atoms with van der Waals surface area (Å²) >= 11 is 4.92. The van der Waals surface area contributed by atoms with Crippen LogP contribution < -0.4 is 5.32 Å². The summed E-state index contributed by atoms with van der Waals surface area (Å²) in [6.45, 7) is -0.0992. The SMILES string of the molecule is O=C(/C=C/c1ccc(Br)s1)Nc1ccccc1CO. The van der Waals surface area contributed by atoms with Gasteiger partial charge in [-0.2, -0.15) is 0 Å². The van der Waals surface area contributed by atoms with E-state index in [-0.39, 0.29) is 12.5 Å². The van der Waals surface area contributed by atoms with E-state index in [1.165, 1.54) is 6.08 Å². The summed E-state index contributed by atoms with van der Waals surface area (Å²) < 4.78 is 1.03. The van der Waals surface area contributed by atoms with Crippen LogP contribution in [0.1, 0.15) is 10.4 Å². The van der Waals surface area contributed by atoms with Crippen LogP contribution in [0.5, 0.6) is 0 Å². The number of hydrogen-bond donors (Lipinski definition) is 2. The normalized spacial score (nSPS) is 10.8. The highest BCUT2D eigenvalue weighted by Gasteiger charge is 2.03. The van der Waals surface area contributed by atoms with E-state index in [1.807, 2.05) is 24.3 Å². The molecule has 2 rings (SSSR count). The molecule has 1 aromatic carbocycles. The molecular weight excluding hydrogens is 326 g/mol. The van der Waals surface area contributed by atoms with Gasteiger partial charge in [-0.05, 0) is 40.2 Å². The highest BCUT2D eigenvalue weighted by atomic mass is 79.9. The maximum Gasteiger partial charge on any atom is 0.248 e. The minimum absolute atomic E-state index is 0.0992. The lowest BCUT2D eigenvalue weighted by Gasteiger charge is -2.06. The zero-order valence-electron chi connectivity index (χ0n) is 9.97. The van der Waals surface area contributed by atoms with E-state index < -0.39 is 0 Å². The molecule has 0 unspecified atom stereocenters. The highest BCUT2D eigenvalue weighted by molar-refractivity contribution is 9.11. The number of nitrogens with one attached hydrogen (secondary N) is 1. The fourth-order valence-electron chi connectivity index (χ4n) is 1.53. The van der Waals surface area contributed by atoms with Crippen LogP contribution >= 0.6 is 27.3 Å². The van der Waals surface area contributed by atoms with Crippen molar-refractivity contribution in [3.8, 4) is 0 Å². The standard InChI is InChI=1S/C14H12BrNO2S/c15-13-7-5-11(19-13)6-8-14(18)16-12-4-2-1-3-10(12)9-17/h1-8,17H,9H2,(H,16,18)/b8-6+. The molecule has 1 heterocycles. The number of benzene rings is 1. The predicted molar refractivity (Wildman–Crippen MR) is 82.0 cm³/mol. The maximum atomic E-state index is 11.8. The molecule has 3 nitrogen and oxygen atoms in total. The Balaban J connectivity index is 2.03. The van der Waals surface area contributed by atoms with Gasteiger partial charge >= 0.3 is 0 Å². The summed E-state index contributed by atoms with van der Waals surface area (Å²) in [7, 11) is 0. The van der Waals surface area contributed by atoms with Gasteiger partial charge in [-0.3, -0.25) is 4.79 Å². The number of anilines is 1. The Morgan fingerprint density at radius 2 is 2.11 bits per heavy atom. The third kappa shape index (κ3) is 4.02. The van der Waals surface area contributed by atoms with Gasteiger partial charge in [0.25, 0.3) is 0 Å². The van der Waals surface area contributed by atoms with Crippen molar-refractivity contribution in [1.29, 1.82) is 0 Å². The van der Waals surface area contributed by atoms with Gasteiger partial charge in [0.2, 0.25) is 5.91 Å². The highest BCUT2D eigenvalue weighted by Crippen LogP contribution is 2.23.